The van der Waals surface area contributed by atoms with Crippen molar-refractivity contribution in [2.75, 3.05) is 11.1 Å². The number of rotatable bonds is 4. The van der Waals surface area contributed by atoms with E-state index >= 15 is 0 Å². The summed E-state index contributed by atoms with van der Waals surface area (Å²) in [4.78, 5) is 11.2. The van der Waals surface area contributed by atoms with Gasteiger partial charge in [-0.1, -0.05) is 18.2 Å². The number of halogens is 1. The zero-order valence-electron chi connectivity index (χ0n) is 11.9. The van der Waals surface area contributed by atoms with E-state index in [0.29, 0.717) is 16.9 Å². The zero-order chi connectivity index (χ0) is 15.6. The summed E-state index contributed by atoms with van der Waals surface area (Å²) in [6.45, 7) is 3.51. The second-order valence-corrected chi connectivity index (χ2v) is 4.95. The third kappa shape index (κ3) is 3.13. The van der Waals surface area contributed by atoms with Gasteiger partial charge in [0.05, 0.1) is 16.9 Å². The number of nitrogen functional groups attached to an aromatic ring is 1. The minimum Gasteiger partial charge on any atom is -0.478 e. The van der Waals surface area contributed by atoms with Gasteiger partial charge >= 0.3 is 5.97 Å². The molecule has 0 aromatic heterocycles. The van der Waals surface area contributed by atoms with Crippen LogP contribution in [-0.4, -0.2) is 11.1 Å². The molecule has 4 nitrogen and oxygen atoms in total. The minimum atomic E-state index is -1.06. The molecule has 0 saturated heterocycles. The van der Waals surface area contributed by atoms with Crippen LogP contribution in [0.5, 0.6) is 0 Å². The van der Waals surface area contributed by atoms with Crippen LogP contribution in [0.3, 0.4) is 0 Å². The van der Waals surface area contributed by atoms with Gasteiger partial charge in [0, 0.05) is 6.04 Å². The molecule has 0 radical (unpaired) electrons. The molecule has 2 rings (SSSR count). The van der Waals surface area contributed by atoms with E-state index in [0.717, 1.165) is 5.56 Å². The predicted molar refractivity (Wildman–Crippen MR) is 81.0 cm³/mol. The molecule has 5 heteroatoms. The molecule has 4 N–H and O–H groups in total. The van der Waals surface area contributed by atoms with Crippen LogP contribution in [0.1, 0.15) is 34.5 Å². The molecule has 0 aliphatic heterocycles. The number of benzene rings is 2. The van der Waals surface area contributed by atoms with Crippen molar-refractivity contribution >= 4 is 17.3 Å². The number of carboxylic acid groups (broad SMARTS) is 1. The highest BCUT2D eigenvalue weighted by molar-refractivity contribution is 5.97. The van der Waals surface area contributed by atoms with Gasteiger partial charge in [-0.3, -0.25) is 0 Å². The van der Waals surface area contributed by atoms with Gasteiger partial charge in [-0.25, -0.2) is 9.18 Å². The standard InChI is InChI=1S/C16H17FN2O2/c1-9-6-7-11(8-13(9)17)10(2)19-15-12(16(20)21)4-3-5-14(15)18/h3-8,10,19H,18H2,1-2H3,(H,20,21). The number of anilines is 2. The van der Waals surface area contributed by atoms with Crippen LogP contribution < -0.4 is 11.1 Å². The van der Waals surface area contributed by atoms with Crippen LogP contribution in [0.25, 0.3) is 0 Å². The highest BCUT2D eigenvalue weighted by atomic mass is 19.1. The normalized spacial score (nSPS) is 12.0. The number of carboxylic acids is 1. The SMILES string of the molecule is Cc1ccc(C(C)Nc2c(N)cccc2C(=O)O)cc1F. The summed E-state index contributed by atoms with van der Waals surface area (Å²) >= 11 is 0. The Hall–Kier alpha value is -2.56. The quantitative estimate of drug-likeness (QED) is 0.752. The third-order valence-electron chi connectivity index (χ3n) is 3.38. The molecule has 0 spiro atoms. The molecule has 0 heterocycles. The fraction of sp³-hybridized carbons (Fsp3) is 0.188. The topological polar surface area (TPSA) is 75.3 Å². The number of hydrogen-bond acceptors (Lipinski definition) is 3. The van der Waals surface area contributed by atoms with Gasteiger partial charge in [0.25, 0.3) is 0 Å². The lowest BCUT2D eigenvalue weighted by Gasteiger charge is -2.19. The van der Waals surface area contributed by atoms with Crippen molar-refractivity contribution in [2.24, 2.45) is 0 Å². The summed E-state index contributed by atoms with van der Waals surface area (Å²) in [5.74, 6) is -1.35. The molecule has 0 fully saturated rings. The Morgan fingerprint density at radius 3 is 2.67 bits per heavy atom. The van der Waals surface area contributed by atoms with Gasteiger partial charge in [0.2, 0.25) is 0 Å². The van der Waals surface area contributed by atoms with E-state index in [-0.39, 0.29) is 17.4 Å². The van der Waals surface area contributed by atoms with Gasteiger partial charge < -0.3 is 16.2 Å². The number of aromatic carboxylic acids is 1. The molecular weight excluding hydrogens is 271 g/mol. The summed E-state index contributed by atoms with van der Waals surface area (Å²) in [5, 5.41) is 12.2. The van der Waals surface area contributed by atoms with Crippen molar-refractivity contribution in [3.8, 4) is 0 Å². The molecule has 0 aliphatic rings. The number of aryl methyl sites for hydroxylation is 1. The second kappa shape index (κ2) is 5.83. The van der Waals surface area contributed by atoms with E-state index in [9.17, 15) is 14.3 Å². The van der Waals surface area contributed by atoms with Crippen molar-refractivity contribution in [3.05, 3.63) is 58.9 Å². The monoisotopic (exact) mass is 288 g/mol. The van der Waals surface area contributed by atoms with Crippen LogP contribution in [0.15, 0.2) is 36.4 Å². The molecule has 1 unspecified atom stereocenters. The number of carbonyl (C=O) groups is 1. The fourth-order valence-electron chi connectivity index (χ4n) is 2.09. The van der Waals surface area contributed by atoms with Gasteiger partial charge in [0.1, 0.15) is 5.82 Å². The van der Waals surface area contributed by atoms with Crippen LogP contribution >= 0.6 is 0 Å². The van der Waals surface area contributed by atoms with Crippen molar-refractivity contribution in [1.82, 2.24) is 0 Å². The average Bonchev–Trinajstić information content (AvgIpc) is 2.43. The Kier molecular flexibility index (Phi) is 4.12. The predicted octanol–water partition coefficient (Wildman–Crippen LogP) is 3.59. The Labute approximate surface area is 122 Å². The van der Waals surface area contributed by atoms with Crippen LogP contribution in [0, 0.1) is 12.7 Å². The highest BCUT2D eigenvalue weighted by Crippen LogP contribution is 2.28. The van der Waals surface area contributed by atoms with E-state index in [1.54, 1.807) is 31.2 Å². The lowest BCUT2D eigenvalue weighted by atomic mass is 10.0. The number of nitrogens with two attached hydrogens (primary N) is 1. The van der Waals surface area contributed by atoms with Crippen LogP contribution in [0.2, 0.25) is 0 Å². The van der Waals surface area contributed by atoms with Crippen molar-refractivity contribution in [2.45, 2.75) is 19.9 Å². The molecule has 0 amide bonds. The molecule has 2 aromatic carbocycles. The van der Waals surface area contributed by atoms with E-state index in [1.165, 1.54) is 12.1 Å². The largest absolute Gasteiger partial charge is 0.478 e. The summed E-state index contributed by atoms with van der Waals surface area (Å²) in [5.41, 5.74) is 7.91. The smallest absolute Gasteiger partial charge is 0.337 e. The minimum absolute atomic E-state index is 0.0921. The lowest BCUT2D eigenvalue weighted by Crippen LogP contribution is -2.13. The molecule has 2 aromatic rings. The van der Waals surface area contributed by atoms with E-state index in [1.807, 2.05) is 6.92 Å². The summed E-state index contributed by atoms with van der Waals surface area (Å²) < 4.78 is 13.6. The lowest BCUT2D eigenvalue weighted by molar-refractivity contribution is 0.0698. The maximum Gasteiger partial charge on any atom is 0.337 e. The first-order chi connectivity index (χ1) is 9.90. The maximum atomic E-state index is 13.6. The average molecular weight is 288 g/mol. The number of nitrogens with one attached hydrogen (secondary N) is 1. The molecular formula is C16H17FN2O2. The van der Waals surface area contributed by atoms with Gasteiger partial charge in [-0.15, -0.1) is 0 Å². The number of hydrogen-bond donors (Lipinski definition) is 3. The maximum absolute atomic E-state index is 13.6. The molecule has 21 heavy (non-hydrogen) atoms. The first-order valence-electron chi connectivity index (χ1n) is 6.54. The Balaban J connectivity index is 2.33. The molecule has 0 bridgehead atoms. The third-order valence-corrected chi connectivity index (χ3v) is 3.38. The Morgan fingerprint density at radius 1 is 1.33 bits per heavy atom. The van der Waals surface area contributed by atoms with Gasteiger partial charge in [-0.2, -0.15) is 0 Å². The first-order valence-corrected chi connectivity index (χ1v) is 6.54. The Morgan fingerprint density at radius 2 is 2.05 bits per heavy atom. The Bertz CT molecular complexity index is 686. The highest BCUT2D eigenvalue weighted by Gasteiger charge is 2.16. The van der Waals surface area contributed by atoms with Crippen molar-refractivity contribution < 1.29 is 14.3 Å². The molecule has 0 aliphatic carbocycles. The van der Waals surface area contributed by atoms with Gasteiger partial charge in [0.15, 0.2) is 0 Å². The molecule has 1 atom stereocenters. The summed E-state index contributed by atoms with van der Waals surface area (Å²) in [6.07, 6.45) is 0. The van der Waals surface area contributed by atoms with Crippen molar-refractivity contribution in [3.63, 3.8) is 0 Å². The first kappa shape index (κ1) is 14.8. The van der Waals surface area contributed by atoms with E-state index in [2.05, 4.69) is 5.32 Å². The zero-order valence-corrected chi connectivity index (χ0v) is 11.9. The summed E-state index contributed by atoms with van der Waals surface area (Å²) in [6, 6.07) is 9.33. The van der Waals surface area contributed by atoms with Crippen molar-refractivity contribution in [1.29, 1.82) is 0 Å². The molecule has 0 saturated carbocycles. The fourth-order valence-corrected chi connectivity index (χ4v) is 2.09. The van der Waals surface area contributed by atoms with E-state index < -0.39 is 5.97 Å². The summed E-state index contributed by atoms with van der Waals surface area (Å²) in [7, 11) is 0. The second-order valence-electron chi connectivity index (χ2n) is 4.95. The number of para-hydroxylation sites is 1. The van der Waals surface area contributed by atoms with E-state index in [4.69, 9.17) is 5.73 Å². The van der Waals surface area contributed by atoms with Gasteiger partial charge in [-0.05, 0) is 43.2 Å². The molecule has 110 valence electrons. The van der Waals surface area contributed by atoms with Crippen LogP contribution in [0.4, 0.5) is 15.8 Å². The van der Waals surface area contributed by atoms with Crippen LogP contribution in [-0.2, 0) is 0 Å².